The van der Waals surface area contributed by atoms with Gasteiger partial charge in [0.1, 0.15) is 23.1 Å². The Hall–Kier alpha value is -3.44. The lowest BCUT2D eigenvalue weighted by molar-refractivity contribution is -0.0226. The number of aryl methyl sites for hydroxylation is 1. The number of nitrogens with zero attached hydrogens (tertiary/aromatic N) is 5. The highest BCUT2D eigenvalue weighted by Crippen LogP contribution is 2.37. The molecule has 34 heavy (non-hydrogen) atoms. The fourth-order valence-corrected chi connectivity index (χ4v) is 4.80. The second-order valence-electron chi connectivity index (χ2n) is 8.10. The predicted molar refractivity (Wildman–Crippen MR) is 126 cm³/mol. The Labute approximate surface area is 199 Å². The molecule has 0 atom stereocenters. The van der Waals surface area contributed by atoms with Crippen molar-refractivity contribution in [2.45, 2.75) is 45.5 Å². The first-order chi connectivity index (χ1) is 16.6. The van der Waals surface area contributed by atoms with Crippen molar-refractivity contribution in [3.05, 3.63) is 53.1 Å². The lowest BCUT2D eigenvalue weighted by Crippen LogP contribution is -2.33. The molecule has 4 aromatic heterocycles. The summed E-state index contributed by atoms with van der Waals surface area (Å²) in [5.41, 5.74) is 3.77. The molecule has 0 saturated heterocycles. The fourth-order valence-electron chi connectivity index (χ4n) is 3.93. The average Bonchev–Trinajstić information content (AvgIpc) is 3.55. The van der Waals surface area contributed by atoms with Gasteiger partial charge in [-0.3, -0.25) is 14.6 Å². The lowest BCUT2D eigenvalue weighted by atomic mass is 9.89. The minimum atomic E-state index is -0.677. The Morgan fingerprint density at radius 1 is 1.35 bits per heavy atom. The zero-order valence-corrected chi connectivity index (χ0v) is 19.6. The Bertz CT molecular complexity index is 1310. The van der Waals surface area contributed by atoms with E-state index in [4.69, 9.17) is 9.84 Å². The van der Waals surface area contributed by atoms with Gasteiger partial charge in [-0.15, -0.1) is 11.3 Å². The Balaban J connectivity index is 1.42. The van der Waals surface area contributed by atoms with Gasteiger partial charge in [-0.1, -0.05) is 6.07 Å². The van der Waals surface area contributed by atoms with Crippen molar-refractivity contribution >= 4 is 22.9 Å². The van der Waals surface area contributed by atoms with Crippen molar-refractivity contribution < 1.29 is 13.9 Å². The number of halogens is 1. The summed E-state index contributed by atoms with van der Waals surface area (Å²) in [6.07, 6.45) is 5.47. The zero-order chi connectivity index (χ0) is 23.7. The molecule has 0 aromatic carbocycles. The van der Waals surface area contributed by atoms with Crippen molar-refractivity contribution in [1.29, 1.82) is 0 Å². The van der Waals surface area contributed by atoms with Crippen LogP contribution in [0.1, 0.15) is 47.7 Å². The number of aromatic amines is 1. The van der Waals surface area contributed by atoms with Crippen LogP contribution >= 0.6 is 11.3 Å². The van der Waals surface area contributed by atoms with E-state index in [0.29, 0.717) is 40.1 Å². The summed E-state index contributed by atoms with van der Waals surface area (Å²) in [7, 11) is 0. The highest BCUT2D eigenvalue weighted by Gasteiger charge is 2.32. The third-order valence-electron chi connectivity index (χ3n) is 5.81. The molecule has 0 spiro atoms. The van der Waals surface area contributed by atoms with Gasteiger partial charge >= 0.3 is 0 Å². The number of carbonyl (C=O) groups excluding carboxylic acids is 1. The highest BCUT2D eigenvalue weighted by molar-refractivity contribution is 7.13. The Morgan fingerprint density at radius 2 is 2.21 bits per heavy atom. The van der Waals surface area contributed by atoms with Gasteiger partial charge < -0.3 is 10.1 Å². The van der Waals surface area contributed by atoms with E-state index in [1.165, 1.54) is 11.3 Å². The first kappa shape index (κ1) is 22.4. The molecule has 1 amide bonds. The third kappa shape index (κ3) is 4.36. The fraction of sp³-hybridized carbons (Fsp3) is 0.348. The molecule has 4 aromatic rings. The van der Waals surface area contributed by atoms with E-state index in [-0.39, 0.29) is 18.1 Å². The van der Waals surface area contributed by atoms with Crippen molar-refractivity contribution in [2.75, 3.05) is 11.9 Å². The maximum atomic E-state index is 13.2. The summed E-state index contributed by atoms with van der Waals surface area (Å²) in [6, 6.07) is 5.27. The molecule has 1 fully saturated rings. The molecular formula is C23H24FN7O2S. The second kappa shape index (κ2) is 9.43. The summed E-state index contributed by atoms with van der Waals surface area (Å²) in [5, 5.41) is 17.0. The number of H-pyrrole nitrogens is 1. The smallest absolute Gasteiger partial charge is 0.275 e. The highest BCUT2D eigenvalue weighted by atomic mass is 32.1. The van der Waals surface area contributed by atoms with Crippen molar-refractivity contribution in [3.8, 4) is 22.0 Å². The van der Waals surface area contributed by atoms with Crippen LogP contribution in [0.15, 0.2) is 36.0 Å². The molecule has 176 valence electrons. The van der Waals surface area contributed by atoms with E-state index >= 15 is 0 Å². The van der Waals surface area contributed by atoms with Crippen LogP contribution in [-0.2, 0) is 11.4 Å². The molecule has 0 radical (unpaired) electrons. The lowest BCUT2D eigenvalue weighted by Gasteiger charge is -2.34. The van der Waals surface area contributed by atoms with Crippen LogP contribution in [0.3, 0.4) is 0 Å². The molecule has 4 heterocycles. The normalized spacial score (nSPS) is 17.5. The molecule has 0 unspecified atom stereocenters. The number of ether oxygens (including phenoxy) is 1. The molecule has 9 nitrogen and oxygen atoms in total. The van der Waals surface area contributed by atoms with Crippen LogP contribution in [0.5, 0.6) is 0 Å². The SMILES string of the molecule is CCO[C@H]1C[C@@H](n2cc(NC(=O)c3csc(-c4c[nH]nc4C)n3)c(-c3cccc(CF)n3)n2)C1. The summed E-state index contributed by atoms with van der Waals surface area (Å²) < 4.78 is 20.7. The van der Waals surface area contributed by atoms with E-state index in [0.717, 1.165) is 24.1 Å². The standard InChI is InChI=1S/C23H24FN7O2S/c1-3-33-16-7-15(8-16)31-11-19(21(30-31)18-6-4-5-14(9-24)26-18)27-22(32)20-12-34-23(28-20)17-10-25-29-13(17)2/h4-6,10-12,15-16H,3,7-9H2,1-2H3,(H,25,29)(H,27,32)/t15-,16+. The van der Waals surface area contributed by atoms with E-state index in [9.17, 15) is 9.18 Å². The van der Waals surface area contributed by atoms with Gasteiger partial charge in [0, 0.05) is 24.4 Å². The predicted octanol–water partition coefficient (Wildman–Crippen LogP) is 4.56. The van der Waals surface area contributed by atoms with E-state index in [1.54, 1.807) is 36.0 Å². The number of hydrogen-bond donors (Lipinski definition) is 2. The molecule has 1 saturated carbocycles. The molecule has 11 heteroatoms. The first-order valence-electron chi connectivity index (χ1n) is 11.1. The van der Waals surface area contributed by atoms with Crippen LogP contribution in [0.2, 0.25) is 0 Å². The molecular weight excluding hydrogens is 457 g/mol. The number of rotatable bonds is 8. The van der Waals surface area contributed by atoms with Crippen molar-refractivity contribution in [3.63, 3.8) is 0 Å². The van der Waals surface area contributed by atoms with Gasteiger partial charge in [-0.05, 0) is 38.8 Å². The van der Waals surface area contributed by atoms with Gasteiger partial charge in [0.05, 0.1) is 40.5 Å². The molecule has 1 aliphatic rings. The number of amides is 1. The van der Waals surface area contributed by atoms with Crippen LogP contribution in [0, 0.1) is 6.92 Å². The average molecular weight is 482 g/mol. The molecule has 0 aliphatic heterocycles. The van der Waals surface area contributed by atoms with Crippen LogP contribution in [0.25, 0.3) is 22.0 Å². The topological polar surface area (TPSA) is 111 Å². The third-order valence-corrected chi connectivity index (χ3v) is 6.69. The summed E-state index contributed by atoms with van der Waals surface area (Å²) in [6.45, 7) is 3.86. The summed E-state index contributed by atoms with van der Waals surface area (Å²) >= 11 is 1.37. The number of carbonyl (C=O) groups is 1. The van der Waals surface area contributed by atoms with Gasteiger partial charge in [-0.2, -0.15) is 10.2 Å². The van der Waals surface area contributed by atoms with Crippen LogP contribution in [0.4, 0.5) is 10.1 Å². The number of nitrogens with one attached hydrogen (secondary N) is 2. The maximum absolute atomic E-state index is 13.2. The molecule has 2 N–H and O–H groups in total. The number of hydrogen-bond acceptors (Lipinski definition) is 7. The number of thiazole rings is 1. The molecule has 5 rings (SSSR count). The van der Waals surface area contributed by atoms with E-state index in [2.05, 4.69) is 25.5 Å². The molecule has 0 bridgehead atoms. The zero-order valence-electron chi connectivity index (χ0n) is 18.8. The van der Waals surface area contributed by atoms with Gasteiger partial charge in [0.25, 0.3) is 5.91 Å². The minimum absolute atomic E-state index is 0.167. The van der Waals surface area contributed by atoms with Crippen LogP contribution < -0.4 is 5.32 Å². The summed E-state index contributed by atoms with van der Waals surface area (Å²) in [5.74, 6) is -0.355. The van der Waals surface area contributed by atoms with Gasteiger partial charge in [0.2, 0.25) is 0 Å². The quantitative estimate of drug-likeness (QED) is 0.382. The number of anilines is 1. The molecule has 1 aliphatic carbocycles. The largest absolute Gasteiger partial charge is 0.378 e. The number of alkyl halides is 1. The first-order valence-corrected chi connectivity index (χ1v) is 11.9. The van der Waals surface area contributed by atoms with Crippen LogP contribution in [-0.4, -0.2) is 48.6 Å². The van der Waals surface area contributed by atoms with Crippen molar-refractivity contribution in [2.24, 2.45) is 0 Å². The monoisotopic (exact) mass is 481 g/mol. The van der Waals surface area contributed by atoms with Gasteiger partial charge in [0.15, 0.2) is 0 Å². The number of aromatic nitrogens is 6. The van der Waals surface area contributed by atoms with E-state index < -0.39 is 6.67 Å². The Kier molecular flexibility index (Phi) is 6.20. The maximum Gasteiger partial charge on any atom is 0.275 e. The summed E-state index contributed by atoms with van der Waals surface area (Å²) in [4.78, 5) is 21.9. The minimum Gasteiger partial charge on any atom is -0.378 e. The van der Waals surface area contributed by atoms with Crippen molar-refractivity contribution in [1.82, 2.24) is 29.9 Å². The van der Waals surface area contributed by atoms with E-state index in [1.807, 2.05) is 18.5 Å². The van der Waals surface area contributed by atoms with Gasteiger partial charge in [-0.25, -0.2) is 14.4 Å². The second-order valence-corrected chi connectivity index (χ2v) is 8.96. The Morgan fingerprint density at radius 3 is 2.94 bits per heavy atom. The number of pyridine rings is 1.